The Morgan fingerprint density at radius 2 is 2.45 bits per heavy atom. The number of hydrogen-bond donors (Lipinski definition) is 2. The molecule has 118 valence electrons. The Morgan fingerprint density at radius 1 is 1.64 bits per heavy atom. The zero-order valence-electron chi connectivity index (χ0n) is 11.7. The number of ether oxygens (including phenoxy) is 2. The van der Waals surface area contributed by atoms with Crippen LogP contribution in [0.4, 0.5) is 10.1 Å². The predicted octanol–water partition coefficient (Wildman–Crippen LogP) is 1.22. The summed E-state index contributed by atoms with van der Waals surface area (Å²) in [6.07, 6.45) is 5.09. The minimum atomic E-state index is -0.652. The fraction of sp³-hybridized carbons (Fsp3) is 0.357. The quantitative estimate of drug-likeness (QED) is 0.796. The molecule has 2 N–H and O–H groups in total. The van der Waals surface area contributed by atoms with Crippen LogP contribution in [0.3, 0.4) is 0 Å². The maximum Gasteiger partial charge on any atom is 0.240 e. The van der Waals surface area contributed by atoms with Crippen molar-refractivity contribution in [2.24, 2.45) is 0 Å². The minimum Gasteiger partial charge on any atom is -0.479 e. The SMILES string of the molecule is C#CCOc1cc(NC(=O)CN2CCOCN2)c(F)cc1Cl. The lowest BCUT2D eigenvalue weighted by atomic mass is 10.2. The van der Waals surface area contributed by atoms with E-state index in [1.807, 2.05) is 0 Å². The molecule has 0 saturated carbocycles. The molecule has 1 saturated heterocycles. The number of rotatable bonds is 5. The number of benzene rings is 1. The van der Waals surface area contributed by atoms with Gasteiger partial charge in [-0.1, -0.05) is 17.5 Å². The summed E-state index contributed by atoms with van der Waals surface area (Å²) in [5, 5.41) is 4.24. The third kappa shape index (κ3) is 4.58. The monoisotopic (exact) mass is 327 g/mol. The van der Waals surface area contributed by atoms with E-state index < -0.39 is 5.82 Å². The number of anilines is 1. The standard InChI is InChI=1S/C14H15ClFN3O3/c1-2-4-22-13-7-12(11(16)6-10(13)15)18-14(20)8-19-3-5-21-9-17-19/h1,6-7,17H,3-5,8-9H2,(H,18,20). The van der Waals surface area contributed by atoms with Crippen LogP contribution in [0, 0.1) is 18.2 Å². The number of hydrogen-bond acceptors (Lipinski definition) is 5. The molecule has 1 aliphatic rings. The molecule has 1 heterocycles. The van der Waals surface area contributed by atoms with Gasteiger partial charge >= 0.3 is 0 Å². The average molecular weight is 328 g/mol. The first kappa shape index (κ1) is 16.5. The summed E-state index contributed by atoms with van der Waals surface area (Å²) in [5.74, 6) is 1.46. The zero-order chi connectivity index (χ0) is 15.9. The molecule has 0 spiro atoms. The third-order valence-electron chi connectivity index (χ3n) is 2.84. The highest BCUT2D eigenvalue weighted by molar-refractivity contribution is 6.32. The molecule has 1 aliphatic heterocycles. The molecule has 0 aliphatic carbocycles. The molecular weight excluding hydrogens is 313 g/mol. The number of hydrazine groups is 1. The maximum absolute atomic E-state index is 13.8. The first-order chi connectivity index (χ1) is 10.6. The molecule has 8 heteroatoms. The number of terminal acetylenes is 1. The zero-order valence-corrected chi connectivity index (χ0v) is 12.5. The number of carbonyl (C=O) groups excluding carboxylic acids is 1. The molecule has 6 nitrogen and oxygen atoms in total. The topological polar surface area (TPSA) is 62.8 Å². The molecule has 0 atom stereocenters. The van der Waals surface area contributed by atoms with Gasteiger partial charge in [0, 0.05) is 12.6 Å². The summed E-state index contributed by atoms with van der Waals surface area (Å²) in [7, 11) is 0. The second kappa shape index (κ2) is 7.96. The first-order valence-electron chi connectivity index (χ1n) is 6.51. The molecule has 0 bridgehead atoms. The Kier molecular flexibility index (Phi) is 5.98. The highest BCUT2D eigenvalue weighted by atomic mass is 35.5. The lowest BCUT2D eigenvalue weighted by Crippen LogP contribution is -2.49. The molecule has 0 radical (unpaired) electrons. The lowest BCUT2D eigenvalue weighted by Gasteiger charge is -2.26. The van der Waals surface area contributed by atoms with Gasteiger partial charge in [0.25, 0.3) is 0 Å². The van der Waals surface area contributed by atoms with Crippen LogP contribution in [0.15, 0.2) is 12.1 Å². The molecular formula is C14H15ClFN3O3. The summed E-state index contributed by atoms with van der Waals surface area (Å²) in [5.41, 5.74) is 2.87. The highest BCUT2D eigenvalue weighted by Gasteiger charge is 2.16. The van der Waals surface area contributed by atoms with E-state index in [0.717, 1.165) is 6.07 Å². The van der Waals surface area contributed by atoms with Gasteiger partial charge in [0.1, 0.15) is 24.9 Å². The molecule has 0 aromatic heterocycles. The first-order valence-corrected chi connectivity index (χ1v) is 6.89. The Balaban J connectivity index is 2.01. The molecule has 1 aromatic rings. The normalized spacial score (nSPS) is 15.1. The van der Waals surface area contributed by atoms with Crippen molar-refractivity contribution in [2.45, 2.75) is 0 Å². The highest BCUT2D eigenvalue weighted by Crippen LogP contribution is 2.30. The van der Waals surface area contributed by atoms with Crippen LogP contribution >= 0.6 is 11.6 Å². The largest absolute Gasteiger partial charge is 0.479 e. The van der Waals surface area contributed by atoms with Crippen LogP contribution < -0.4 is 15.5 Å². The van der Waals surface area contributed by atoms with Crippen molar-refractivity contribution in [3.8, 4) is 18.1 Å². The van der Waals surface area contributed by atoms with Gasteiger partial charge in [0.05, 0.1) is 23.9 Å². The van der Waals surface area contributed by atoms with Crippen LogP contribution in [0.1, 0.15) is 0 Å². The van der Waals surface area contributed by atoms with Crippen LogP contribution in [0.5, 0.6) is 5.75 Å². The smallest absolute Gasteiger partial charge is 0.240 e. The van der Waals surface area contributed by atoms with Gasteiger partial charge in [-0.2, -0.15) is 0 Å². The van der Waals surface area contributed by atoms with E-state index in [1.54, 1.807) is 5.01 Å². The fourth-order valence-corrected chi connectivity index (χ4v) is 2.02. The molecule has 1 aromatic carbocycles. The maximum atomic E-state index is 13.8. The molecule has 0 unspecified atom stereocenters. The Labute approximate surface area is 132 Å². The van der Waals surface area contributed by atoms with E-state index in [1.165, 1.54) is 6.07 Å². The van der Waals surface area contributed by atoms with Gasteiger partial charge in [-0.15, -0.1) is 6.42 Å². The molecule has 2 rings (SSSR count). The second-order valence-corrected chi connectivity index (χ2v) is 4.84. The number of halogens is 2. The second-order valence-electron chi connectivity index (χ2n) is 4.44. The van der Waals surface area contributed by atoms with Gasteiger partial charge in [0.2, 0.25) is 5.91 Å². The van der Waals surface area contributed by atoms with Crippen LogP contribution in [-0.2, 0) is 9.53 Å². The summed E-state index contributed by atoms with van der Waals surface area (Å²) >= 11 is 5.85. The van der Waals surface area contributed by atoms with Crippen molar-refractivity contribution < 1.29 is 18.7 Å². The number of amides is 1. The van der Waals surface area contributed by atoms with E-state index in [2.05, 4.69) is 16.7 Å². The summed E-state index contributed by atoms with van der Waals surface area (Å²) in [6.45, 7) is 1.49. The van der Waals surface area contributed by atoms with Gasteiger partial charge in [-0.25, -0.2) is 14.8 Å². The van der Waals surface area contributed by atoms with Crippen molar-refractivity contribution in [3.63, 3.8) is 0 Å². The van der Waals surface area contributed by atoms with Gasteiger partial charge in [-0.05, 0) is 6.07 Å². The Hall–Kier alpha value is -1.85. The van der Waals surface area contributed by atoms with Crippen LogP contribution in [0.25, 0.3) is 0 Å². The van der Waals surface area contributed by atoms with Crippen LogP contribution in [0.2, 0.25) is 5.02 Å². The van der Waals surface area contributed by atoms with E-state index in [-0.39, 0.29) is 35.5 Å². The van der Waals surface area contributed by atoms with Gasteiger partial charge in [-0.3, -0.25) is 4.79 Å². The van der Waals surface area contributed by atoms with Crippen LogP contribution in [-0.4, -0.2) is 44.0 Å². The van der Waals surface area contributed by atoms with Crippen molar-refractivity contribution in [1.82, 2.24) is 10.4 Å². The molecule has 1 fully saturated rings. The minimum absolute atomic E-state index is 0.00354. The summed E-state index contributed by atoms with van der Waals surface area (Å²) < 4.78 is 24.1. The van der Waals surface area contributed by atoms with Gasteiger partial charge < -0.3 is 14.8 Å². The van der Waals surface area contributed by atoms with Crippen molar-refractivity contribution >= 4 is 23.2 Å². The third-order valence-corrected chi connectivity index (χ3v) is 3.13. The predicted molar refractivity (Wildman–Crippen MR) is 79.9 cm³/mol. The summed E-state index contributed by atoms with van der Waals surface area (Å²) in [6, 6.07) is 2.37. The number of nitrogens with one attached hydrogen (secondary N) is 2. The van der Waals surface area contributed by atoms with Crippen molar-refractivity contribution in [2.75, 3.05) is 38.4 Å². The van der Waals surface area contributed by atoms with E-state index in [0.29, 0.717) is 19.9 Å². The molecule has 1 amide bonds. The fourth-order valence-electron chi connectivity index (χ4n) is 1.82. The van der Waals surface area contributed by atoms with E-state index in [4.69, 9.17) is 27.5 Å². The molecule has 22 heavy (non-hydrogen) atoms. The number of carbonyl (C=O) groups is 1. The summed E-state index contributed by atoms with van der Waals surface area (Å²) in [4.78, 5) is 11.9. The Bertz CT molecular complexity index is 585. The lowest BCUT2D eigenvalue weighted by molar-refractivity contribution is -0.120. The number of nitrogens with zero attached hydrogens (tertiary/aromatic N) is 1. The van der Waals surface area contributed by atoms with Crippen molar-refractivity contribution in [3.05, 3.63) is 23.0 Å². The van der Waals surface area contributed by atoms with E-state index >= 15 is 0 Å². The van der Waals surface area contributed by atoms with Crippen molar-refractivity contribution in [1.29, 1.82) is 0 Å². The Morgan fingerprint density at radius 3 is 3.14 bits per heavy atom. The van der Waals surface area contributed by atoms with Gasteiger partial charge in [0.15, 0.2) is 0 Å². The average Bonchev–Trinajstić information content (AvgIpc) is 2.50. The van der Waals surface area contributed by atoms with E-state index in [9.17, 15) is 9.18 Å².